The van der Waals surface area contributed by atoms with Crippen LogP contribution in [0.15, 0.2) is 0 Å². The van der Waals surface area contributed by atoms with Gasteiger partial charge in [0, 0.05) is 13.0 Å². The molecule has 0 aromatic heterocycles. The molecular weight excluding hydrogens is 194 g/mol. The first kappa shape index (κ1) is 12.0. The summed E-state index contributed by atoms with van der Waals surface area (Å²) in [4.78, 5) is 24.1. The zero-order chi connectivity index (χ0) is 11.3. The lowest BCUT2D eigenvalue weighted by Crippen LogP contribution is -2.40. The normalized spacial score (nSPS) is 17.0. The quantitative estimate of drug-likeness (QED) is 0.718. The van der Waals surface area contributed by atoms with E-state index in [4.69, 9.17) is 4.74 Å². The number of ether oxygens (including phenoxy) is 1. The van der Waals surface area contributed by atoms with Gasteiger partial charge in [0.1, 0.15) is 0 Å². The molecule has 1 heterocycles. The van der Waals surface area contributed by atoms with Gasteiger partial charge in [-0.3, -0.25) is 4.79 Å². The molecule has 0 aromatic rings. The number of likely N-dealkylation sites (tertiary alicyclic amines) is 1. The van der Waals surface area contributed by atoms with Crippen LogP contribution in [0.3, 0.4) is 0 Å². The second-order valence-electron chi connectivity index (χ2n) is 4.36. The third kappa shape index (κ3) is 4.32. The molecule has 1 saturated heterocycles. The van der Waals surface area contributed by atoms with Crippen molar-refractivity contribution in [2.24, 2.45) is 5.92 Å². The van der Waals surface area contributed by atoms with E-state index in [9.17, 15) is 9.59 Å². The van der Waals surface area contributed by atoms with Gasteiger partial charge < -0.3 is 9.64 Å². The summed E-state index contributed by atoms with van der Waals surface area (Å²) in [7, 11) is 0. The molecule has 1 fully saturated rings. The predicted octanol–water partition coefficient (Wildman–Crippen LogP) is 1.83. The number of piperidine rings is 1. The molecule has 1 aliphatic heterocycles. The Labute approximate surface area is 90.6 Å². The van der Waals surface area contributed by atoms with E-state index < -0.39 is 0 Å². The van der Waals surface area contributed by atoms with Gasteiger partial charge in [-0.25, -0.2) is 4.79 Å². The van der Waals surface area contributed by atoms with E-state index in [-0.39, 0.29) is 18.4 Å². The van der Waals surface area contributed by atoms with Gasteiger partial charge in [0.15, 0.2) is 5.78 Å². The van der Waals surface area contributed by atoms with Gasteiger partial charge in [0.05, 0.1) is 13.2 Å². The average molecular weight is 213 g/mol. The number of carbonyl (C=O) groups is 2. The van der Waals surface area contributed by atoms with Gasteiger partial charge in [-0.1, -0.05) is 13.8 Å². The van der Waals surface area contributed by atoms with Crippen molar-refractivity contribution < 1.29 is 14.3 Å². The first-order valence-corrected chi connectivity index (χ1v) is 5.53. The highest BCUT2D eigenvalue weighted by Crippen LogP contribution is 2.08. The van der Waals surface area contributed by atoms with Crippen molar-refractivity contribution in [1.29, 1.82) is 0 Å². The molecular formula is C11H19NO3. The number of ketones is 1. The molecule has 0 bridgehead atoms. The molecule has 0 unspecified atom stereocenters. The molecule has 0 radical (unpaired) electrons. The Balaban J connectivity index is 2.24. The maximum absolute atomic E-state index is 11.5. The van der Waals surface area contributed by atoms with Crippen LogP contribution in [0.2, 0.25) is 0 Å². The van der Waals surface area contributed by atoms with E-state index in [1.54, 1.807) is 0 Å². The summed E-state index contributed by atoms with van der Waals surface area (Å²) in [6.07, 6.45) is 1.88. The molecule has 0 spiro atoms. The van der Waals surface area contributed by atoms with Crippen LogP contribution in [-0.4, -0.2) is 36.5 Å². The molecule has 0 N–H and O–H groups in total. The second-order valence-corrected chi connectivity index (χ2v) is 4.36. The van der Waals surface area contributed by atoms with Crippen LogP contribution >= 0.6 is 0 Å². The summed E-state index contributed by atoms with van der Waals surface area (Å²) in [6.45, 7) is 5.48. The summed E-state index contributed by atoms with van der Waals surface area (Å²) in [5, 5.41) is 0. The fourth-order valence-electron chi connectivity index (χ4n) is 1.47. The van der Waals surface area contributed by atoms with Crippen molar-refractivity contribution in [2.75, 3.05) is 19.7 Å². The molecule has 1 amide bonds. The molecule has 4 heteroatoms. The van der Waals surface area contributed by atoms with Gasteiger partial charge in [0.2, 0.25) is 0 Å². The lowest BCUT2D eigenvalue weighted by molar-refractivity contribution is -0.121. The number of Topliss-reactive ketones (excluding diaryl/α,β-unsaturated/α-hetero) is 1. The molecule has 15 heavy (non-hydrogen) atoms. The van der Waals surface area contributed by atoms with E-state index in [2.05, 4.69) is 13.8 Å². The van der Waals surface area contributed by atoms with Crippen molar-refractivity contribution in [2.45, 2.75) is 33.1 Å². The van der Waals surface area contributed by atoms with Gasteiger partial charge in [-0.15, -0.1) is 0 Å². The van der Waals surface area contributed by atoms with Crippen molar-refractivity contribution in [1.82, 2.24) is 4.90 Å². The van der Waals surface area contributed by atoms with Gasteiger partial charge in [-0.2, -0.15) is 0 Å². The third-order valence-electron chi connectivity index (χ3n) is 2.43. The third-order valence-corrected chi connectivity index (χ3v) is 2.43. The monoisotopic (exact) mass is 213 g/mol. The van der Waals surface area contributed by atoms with Gasteiger partial charge in [0.25, 0.3) is 0 Å². The van der Waals surface area contributed by atoms with Crippen LogP contribution in [0.25, 0.3) is 0 Å². The van der Waals surface area contributed by atoms with Crippen LogP contribution in [0.5, 0.6) is 0 Å². The molecule has 86 valence electrons. The Morgan fingerprint density at radius 3 is 2.87 bits per heavy atom. The Bertz CT molecular complexity index is 238. The van der Waals surface area contributed by atoms with E-state index in [0.717, 1.165) is 12.8 Å². The zero-order valence-electron chi connectivity index (χ0n) is 9.49. The molecule has 1 aliphatic rings. The first-order valence-electron chi connectivity index (χ1n) is 5.53. The maximum Gasteiger partial charge on any atom is 0.410 e. The standard InChI is InChI=1S/C11H19NO3/c1-9(2)5-7-15-11(14)12-6-3-4-10(13)8-12/h9H,3-8H2,1-2H3. The van der Waals surface area contributed by atoms with Crippen LogP contribution in [0.4, 0.5) is 4.79 Å². The van der Waals surface area contributed by atoms with Crippen molar-refractivity contribution >= 4 is 11.9 Å². The molecule has 0 aliphatic carbocycles. The van der Waals surface area contributed by atoms with Crippen molar-refractivity contribution in [3.63, 3.8) is 0 Å². The number of hydrogen-bond donors (Lipinski definition) is 0. The molecule has 0 saturated carbocycles. The number of nitrogens with zero attached hydrogens (tertiary/aromatic N) is 1. The fraction of sp³-hybridized carbons (Fsp3) is 0.818. The largest absolute Gasteiger partial charge is 0.449 e. The van der Waals surface area contributed by atoms with E-state index in [0.29, 0.717) is 25.5 Å². The zero-order valence-corrected chi connectivity index (χ0v) is 9.49. The molecule has 0 aromatic carbocycles. The highest BCUT2D eigenvalue weighted by atomic mass is 16.6. The minimum Gasteiger partial charge on any atom is -0.449 e. The Morgan fingerprint density at radius 1 is 1.53 bits per heavy atom. The first-order chi connectivity index (χ1) is 7.09. The highest BCUT2D eigenvalue weighted by molar-refractivity contribution is 5.85. The SMILES string of the molecule is CC(C)CCOC(=O)N1CCCC(=O)C1. The smallest absolute Gasteiger partial charge is 0.410 e. The molecule has 0 atom stereocenters. The Hall–Kier alpha value is -1.06. The topological polar surface area (TPSA) is 46.6 Å². The van der Waals surface area contributed by atoms with Crippen LogP contribution < -0.4 is 0 Å². The number of carbonyl (C=O) groups excluding carboxylic acids is 2. The lowest BCUT2D eigenvalue weighted by atomic mass is 10.1. The fourth-order valence-corrected chi connectivity index (χ4v) is 1.47. The Morgan fingerprint density at radius 2 is 2.27 bits per heavy atom. The Kier molecular flexibility index (Phi) is 4.59. The average Bonchev–Trinajstić information content (AvgIpc) is 2.17. The molecule has 4 nitrogen and oxygen atoms in total. The second kappa shape index (κ2) is 5.73. The maximum atomic E-state index is 11.5. The minimum absolute atomic E-state index is 0.127. The highest BCUT2D eigenvalue weighted by Gasteiger charge is 2.22. The van der Waals surface area contributed by atoms with E-state index in [1.807, 2.05) is 0 Å². The van der Waals surface area contributed by atoms with Crippen molar-refractivity contribution in [3.05, 3.63) is 0 Å². The summed E-state index contributed by atoms with van der Waals surface area (Å²) in [5.41, 5.74) is 0. The van der Waals surface area contributed by atoms with Gasteiger partial charge >= 0.3 is 6.09 Å². The van der Waals surface area contributed by atoms with Crippen LogP contribution in [-0.2, 0) is 9.53 Å². The minimum atomic E-state index is -0.344. The summed E-state index contributed by atoms with van der Waals surface area (Å²) >= 11 is 0. The summed E-state index contributed by atoms with van der Waals surface area (Å²) < 4.78 is 5.08. The van der Waals surface area contributed by atoms with Crippen LogP contribution in [0, 0.1) is 5.92 Å². The van der Waals surface area contributed by atoms with E-state index >= 15 is 0 Å². The van der Waals surface area contributed by atoms with E-state index in [1.165, 1.54) is 4.90 Å². The molecule has 1 rings (SSSR count). The number of hydrogen-bond acceptors (Lipinski definition) is 3. The number of amides is 1. The van der Waals surface area contributed by atoms with Crippen molar-refractivity contribution in [3.8, 4) is 0 Å². The lowest BCUT2D eigenvalue weighted by Gasteiger charge is -2.25. The number of rotatable bonds is 3. The summed E-state index contributed by atoms with van der Waals surface area (Å²) in [5.74, 6) is 0.655. The van der Waals surface area contributed by atoms with Gasteiger partial charge in [-0.05, 0) is 18.8 Å². The summed E-state index contributed by atoms with van der Waals surface area (Å²) in [6, 6.07) is 0. The van der Waals surface area contributed by atoms with Crippen LogP contribution in [0.1, 0.15) is 33.1 Å². The predicted molar refractivity (Wildman–Crippen MR) is 56.6 cm³/mol.